The van der Waals surface area contributed by atoms with Crippen LogP contribution in [0.2, 0.25) is 0 Å². The van der Waals surface area contributed by atoms with E-state index in [0.717, 1.165) is 22.5 Å². The van der Waals surface area contributed by atoms with Crippen LogP contribution >= 0.6 is 0 Å². The van der Waals surface area contributed by atoms with E-state index in [1.165, 1.54) is 0 Å². The van der Waals surface area contributed by atoms with Gasteiger partial charge in [0.25, 0.3) is 0 Å². The Morgan fingerprint density at radius 1 is 1.32 bits per heavy atom. The molecule has 1 aromatic carbocycles. The molecule has 0 saturated heterocycles. The van der Waals surface area contributed by atoms with Crippen LogP contribution in [0.15, 0.2) is 23.1 Å². The number of benzene rings is 1. The van der Waals surface area contributed by atoms with E-state index in [0.29, 0.717) is 0 Å². The molecular weight excluding hydrogens is 316 g/mol. The molecule has 1 rings (SSSR count). The van der Waals surface area contributed by atoms with Gasteiger partial charge in [0, 0.05) is 19.2 Å². The van der Waals surface area contributed by atoms with Gasteiger partial charge in [0.15, 0.2) is 5.75 Å². The van der Waals surface area contributed by atoms with E-state index >= 15 is 0 Å². The largest absolute Gasteiger partial charge is 0.546 e. The van der Waals surface area contributed by atoms with Crippen molar-refractivity contribution in [2.24, 2.45) is 0 Å². The van der Waals surface area contributed by atoms with Crippen LogP contribution in [-0.4, -0.2) is 43.3 Å². The van der Waals surface area contributed by atoms with Crippen molar-refractivity contribution >= 4 is 21.7 Å². The molecule has 0 N–H and O–H groups in total. The highest BCUT2D eigenvalue weighted by Gasteiger charge is 2.26. The molecule has 0 amide bonds. The third kappa shape index (κ3) is 3.92. The van der Waals surface area contributed by atoms with Crippen LogP contribution in [0.5, 0.6) is 5.75 Å². The number of sulfonamides is 1. The molecular formula is C12H15N2O7S-. The lowest BCUT2D eigenvalue weighted by Gasteiger charge is -2.18. The first kappa shape index (κ1) is 17.9. The van der Waals surface area contributed by atoms with Crippen LogP contribution in [-0.2, 0) is 14.8 Å². The van der Waals surface area contributed by atoms with Gasteiger partial charge in [-0.3, -0.25) is 10.1 Å². The maximum atomic E-state index is 12.3. The van der Waals surface area contributed by atoms with Gasteiger partial charge < -0.3 is 14.6 Å². The van der Waals surface area contributed by atoms with Crippen molar-refractivity contribution in [2.45, 2.75) is 18.7 Å². The zero-order chi connectivity index (χ0) is 16.9. The zero-order valence-corrected chi connectivity index (χ0v) is 12.8. The third-order valence-electron chi connectivity index (χ3n) is 2.82. The van der Waals surface area contributed by atoms with Crippen LogP contribution in [0.1, 0.15) is 13.8 Å². The molecule has 0 aliphatic carbocycles. The fraction of sp³-hybridized carbons (Fsp3) is 0.417. The SMILES string of the molecule is CCN(CC)S(=O)(=O)c1ccc(OCC(=O)[O-])c([N+](=O)[O-])c1. The van der Waals surface area contributed by atoms with Gasteiger partial charge in [-0.05, 0) is 12.1 Å². The van der Waals surface area contributed by atoms with Crippen LogP contribution in [0.3, 0.4) is 0 Å². The van der Waals surface area contributed by atoms with Crippen LogP contribution in [0.25, 0.3) is 0 Å². The van der Waals surface area contributed by atoms with Gasteiger partial charge in [-0.2, -0.15) is 4.31 Å². The van der Waals surface area contributed by atoms with E-state index in [-0.39, 0.29) is 23.7 Å². The predicted molar refractivity (Wildman–Crippen MR) is 73.7 cm³/mol. The molecule has 0 aliphatic heterocycles. The quantitative estimate of drug-likeness (QED) is 0.474. The fourth-order valence-corrected chi connectivity index (χ4v) is 3.25. The Balaban J connectivity index is 3.28. The minimum Gasteiger partial charge on any atom is -0.546 e. The summed E-state index contributed by atoms with van der Waals surface area (Å²) in [6.07, 6.45) is 0. The number of aliphatic carboxylic acids is 1. The summed E-state index contributed by atoms with van der Waals surface area (Å²) in [4.78, 5) is 20.2. The zero-order valence-electron chi connectivity index (χ0n) is 12.0. The van der Waals surface area contributed by atoms with Crippen LogP contribution < -0.4 is 9.84 Å². The van der Waals surface area contributed by atoms with Crippen molar-refractivity contribution in [1.29, 1.82) is 0 Å². The van der Waals surface area contributed by atoms with Gasteiger partial charge >= 0.3 is 5.69 Å². The molecule has 9 nitrogen and oxygen atoms in total. The molecule has 0 heterocycles. The van der Waals surface area contributed by atoms with Gasteiger partial charge in [-0.1, -0.05) is 13.8 Å². The Morgan fingerprint density at radius 3 is 2.36 bits per heavy atom. The average molecular weight is 331 g/mol. The molecule has 0 fully saturated rings. The van der Waals surface area contributed by atoms with Gasteiger partial charge in [0.1, 0.15) is 6.61 Å². The summed E-state index contributed by atoms with van der Waals surface area (Å²) in [5.74, 6) is -1.89. The number of hydrogen-bond acceptors (Lipinski definition) is 7. The highest BCUT2D eigenvalue weighted by atomic mass is 32.2. The van der Waals surface area contributed by atoms with Gasteiger partial charge in [-0.15, -0.1) is 0 Å². The van der Waals surface area contributed by atoms with Crippen molar-refractivity contribution in [3.63, 3.8) is 0 Å². The molecule has 0 saturated carbocycles. The standard InChI is InChI=1S/C12H16N2O7S/c1-3-13(4-2)22(19,20)9-5-6-11(21-8-12(15)16)10(7-9)14(17)18/h5-7H,3-4,8H2,1-2H3,(H,15,16)/p-1. The van der Waals surface area contributed by atoms with E-state index < -0.39 is 33.2 Å². The second-order valence-corrected chi connectivity index (χ2v) is 6.07. The molecule has 0 aliphatic rings. The normalized spacial score (nSPS) is 11.4. The van der Waals surface area contributed by atoms with E-state index in [1.807, 2.05) is 0 Å². The summed E-state index contributed by atoms with van der Waals surface area (Å²) in [5, 5.41) is 21.3. The second-order valence-electron chi connectivity index (χ2n) is 4.14. The summed E-state index contributed by atoms with van der Waals surface area (Å²) >= 11 is 0. The van der Waals surface area contributed by atoms with Crippen molar-refractivity contribution < 1.29 is 28.0 Å². The molecule has 22 heavy (non-hydrogen) atoms. The highest BCUT2D eigenvalue weighted by Crippen LogP contribution is 2.30. The Bertz CT molecular complexity index is 668. The van der Waals surface area contributed by atoms with Gasteiger partial charge in [-0.25, -0.2) is 8.42 Å². The smallest absolute Gasteiger partial charge is 0.312 e. The summed E-state index contributed by atoms with van der Waals surface area (Å²) in [6.45, 7) is 2.85. The molecule has 0 atom stereocenters. The summed E-state index contributed by atoms with van der Waals surface area (Å²) in [6, 6.07) is 3.03. The molecule has 0 unspecified atom stereocenters. The van der Waals surface area contributed by atoms with E-state index in [4.69, 9.17) is 4.74 Å². The first-order chi connectivity index (χ1) is 10.2. The molecule has 0 radical (unpaired) electrons. The number of carbonyl (C=O) groups excluding carboxylic acids is 1. The van der Waals surface area contributed by atoms with Crippen LogP contribution in [0, 0.1) is 10.1 Å². The number of nitro groups is 1. The number of hydrogen-bond donors (Lipinski definition) is 0. The van der Waals surface area contributed by atoms with Crippen molar-refractivity contribution in [3.8, 4) is 5.75 Å². The Hall–Kier alpha value is -2.20. The van der Waals surface area contributed by atoms with Gasteiger partial charge in [0.2, 0.25) is 10.0 Å². The van der Waals surface area contributed by atoms with Crippen LogP contribution in [0.4, 0.5) is 5.69 Å². The molecule has 1 aromatic rings. The summed E-state index contributed by atoms with van der Waals surface area (Å²) in [5.41, 5.74) is -0.630. The summed E-state index contributed by atoms with van der Waals surface area (Å²) in [7, 11) is -3.86. The minimum absolute atomic E-state index is 0.218. The number of rotatable bonds is 8. The first-order valence-electron chi connectivity index (χ1n) is 6.35. The van der Waals surface area contributed by atoms with E-state index in [1.54, 1.807) is 13.8 Å². The number of carboxylic acid groups (broad SMARTS) is 1. The van der Waals surface area contributed by atoms with E-state index in [9.17, 15) is 28.4 Å². The number of carboxylic acids is 1. The fourth-order valence-electron chi connectivity index (χ4n) is 1.77. The maximum absolute atomic E-state index is 12.3. The summed E-state index contributed by atoms with van der Waals surface area (Å²) < 4.78 is 30.5. The number of carbonyl (C=O) groups is 1. The van der Waals surface area contributed by atoms with Crippen molar-refractivity contribution in [1.82, 2.24) is 4.31 Å². The van der Waals surface area contributed by atoms with Crippen molar-refractivity contribution in [3.05, 3.63) is 28.3 Å². The topological polar surface area (TPSA) is 130 Å². The molecule has 0 spiro atoms. The highest BCUT2D eigenvalue weighted by molar-refractivity contribution is 7.89. The number of nitro benzene ring substituents is 1. The Kier molecular flexibility index (Phi) is 5.83. The number of ether oxygens (including phenoxy) is 1. The van der Waals surface area contributed by atoms with E-state index in [2.05, 4.69) is 0 Å². The van der Waals surface area contributed by atoms with Crippen molar-refractivity contribution in [2.75, 3.05) is 19.7 Å². The monoisotopic (exact) mass is 331 g/mol. The Labute approximate surface area is 127 Å². The third-order valence-corrected chi connectivity index (χ3v) is 4.86. The molecule has 0 aromatic heterocycles. The average Bonchev–Trinajstić information content (AvgIpc) is 2.45. The molecule has 10 heteroatoms. The number of nitrogens with zero attached hydrogens (tertiary/aromatic N) is 2. The molecule has 0 bridgehead atoms. The molecule has 122 valence electrons. The lowest BCUT2D eigenvalue weighted by molar-refractivity contribution is -0.386. The Morgan fingerprint density at radius 2 is 1.91 bits per heavy atom. The maximum Gasteiger partial charge on any atom is 0.312 e. The minimum atomic E-state index is -3.86. The first-order valence-corrected chi connectivity index (χ1v) is 7.79. The second kappa shape index (κ2) is 7.18. The lowest BCUT2D eigenvalue weighted by Crippen LogP contribution is -2.30. The van der Waals surface area contributed by atoms with Gasteiger partial charge in [0.05, 0.1) is 15.8 Å². The predicted octanol–water partition coefficient (Wildman–Crippen LogP) is -0.246. The lowest BCUT2D eigenvalue weighted by atomic mass is 10.3.